The molecule has 0 aromatic heterocycles. The van der Waals surface area contributed by atoms with Crippen LogP contribution in [0.15, 0.2) is 0 Å². The van der Waals surface area contributed by atoms with Crippen LogP contribution in [0.4, 0.5) is 0 Å². The second kappa shape index (κ2) is 2.95. The molecule has 1 saturated carbocycles. The van der Waals surface area contributed by atoms with Gasteiger partial charge in [0.2, 0.25) is 0 Å². The maximum atomic E-state index is 10.9. The maximum absolute atomic E-state index is 10.9. The van der Waals surface area contributed by atoms with Gasteiger partial charge in [0, 0.05) is 18.8 Å². The largest absolute Gasteiger partial charge is 0.303 e. The molecule has 2 nitrogen and oxygen atoms in total. The smallest absolute Gasteiger partial charge is 0.133 e. The molecule has 0 radical (unpaired) electrons. The van der Waals surface area contributed by atoms with E-state index in [1.807, 2.05) is 6.92 Å². The average Bonchev–Trinajstić information content (AvgIpc) is 1.85. The summed E-state index contributed by atoms with van der Waals surface area (Å²) in [4.78, 5) is 21.2. The molecule has 0 aliphatic heterocycles. The first-order valence-corrected chi connectivity index (χ1v) is 3.69. The van der Waals surface area contributed by atoms with Crippen molar-refractivity contribution in [2.75, 3.05) is 0 Å². The van der Waals surface area contributed by atoms with Gasteiger partial charge in [0.1, 0.15) is 12.1 Å². The molecule has 0 aromatic rings. The van der Waals surface area contributed by atoms with Gasteiger partial charge in [-0.05, 0) is 12.3 Å². The minimum Gasteiger partial charge on any atom is -0.303 e. The lowest BCUT2D eigenvalue weighted by Crippen LogP contribution is -2.21. The SMILES string of the molecule is CC1CC(=O)CC(C=O)C1. The van der Waals surface area contributed by atoms with E-state index in [1.54, 1.807) is 0 Å². The van der Waals surface area contributed by atoms with Gasteiger partial charge in [-0.3, -0.25) is 4.79 Å². The molecule has 56 valence electrons. The first kappa shape index (κ1) is 7.45. The van der Waals surface area contributed by atoms with Crippen molar-refractivity contribution in [2.24, 2.45) is 11.8 Å². The van der Waals surface area contributed by atoms with Gasteiger partial charge in [0.05, 0.1) is 0 Å². The summed E-state index contributed by atoms with van der Waals surface area (Å²) >= 11 is 0. The molecular formula is C8H12O2. The first-order chi connectivity index (χ1) is 4.72. The van der Waals surface area contributed by atoms with Crippen molar-refractivity contribution in [3.05, 3.63) is 0 Å². The van der Waals surface area contributed by atoms with E-state index in [4.69, 9.17) is 0 Å². The van der Waals surface area contributed by atoms with E-state index in [9.17, 15) is 9.59 Å². The minimum atomic E-state index is 0.0104. The van der Waals surface area contributed by atoms with E-state index < -0.39 is 0 Å². The lowest BCUT2D eigenvalue weighted by atomic mass is 9.82. The molecule has 0 amide bonds. The molecule has 0 aromatic carbocycles. The Labute approximate surface area is 60.6 Å². The molecule has 1 aliphatic rings. The van der Waals surface area contributed by atoms with Crippen molar-refractivity contribution < 1.29 is 9.59 Å². The van der Waals surface area contributed by atoms with Gasteiger partial charge in [0.15, 0.2) is 0 Å². The zero-order valence-corrected chi connectivity index (χ0v) is 6.17. The van der Waals surface area contributed by atoms with E-state index in [2.05, 4.69) is 0 Å². The highest BCUT2D eigenvalue weighted by atomic mass is 16.1. The third-order valence-electron chi connectivity index (χ3n) is 1.96. The van der Waals surface area contributed by atoms with Crippen LogP contribution in [-0.2, 0) is 9.59 Å². The van der Waals surface area contributed by atoms with Crippen LogP contribution in [0.5, 0.6) is 0 Å². The summed E-state index contributed by atoms with van der Waals surface area (Å²) in [6.45, 7) is 2.02. The Balaban J connectivity index is 2.50. The Morgan fingerprint density at radius 1 is 1.50 bits per heavy atom. The zero-order valence-electron chi connectivity index (χ0n) is 6.17. The van der Waals surface area contributed by atoms with E-state index in [1.165, 1.54) is 0 Å². The molecule has 1 aliphatic carbocycles. The Hall–Kier alpha value is -0.660. The van der Waals surface area contributed by atoms with Crippen molar-refractivity contribution in [1.82, 2.24) is 0 Å². The summed E-state index contributed by atoms with van der Waals surface area (Å²) in [7, 11) is 0. The maximum Gasteiger partial charge on any atom is 0.133 e. The third-order valence-corrected chi connectivity index (χ3v) is 1.96. The van der Waals surface area contributed by atoms with E-state index in [-0.39, 0.29) is 11.7 Å². The van der Waals surface area contributed by atoms with E-state index in [0.717, 1.165) is 12.7 Å². The number of hydrogen-bond donors (Lipinski definition) is 0. The van der Waals surface area contributed by atoms with E-state index in [0.29, 0.717) is 18.8 Å². The molecule has 0 spiro atoms. The molecule has 2 heteroatoms. The fourth-order valence-corrected chi connectivity index (χ4v) is 1.55. The van der Waals surface area contributed by atoms with Crippen molar-refractivity contribution in [3.63, 3.8) is 0 Å². The van der Waals surface area contributed by atoms with E-state index >= 15 is 0 Å². The van der Waals surface area contributed by atoms with Gasteiger partial charge in [-0.1, -0.05) is 6.92 Å². The molecule has 10 heavy (non-hydrogen) atoms. The number of hydrogen-bond acceptors (Lipinski definition) is 2. The number of carbonyl (C=O) groups is 2. The fraction of sp³-hybridized carbons (Fsp3) is 0.750. The van der Waals surface area contributed by atoms with Crippen molar-refractivity contribution >= 4 is 12.1 Å². The molecule has 0 saturated heterocycles. The second-order valence-electron chi connectivity index (χ2n) is 3.18. The van der Waals surface area contributed by atoms with Crippen LogP contribution >= 0.6 is 0 Å². The molecule has 2 unspecified atom stereocenters. The zero-order chi connectivity index (χ0) is 7.56. The first-order valence-electron chi connectivity index (χ1n) is 3.69. The standard InChI is InChI=1S/C8H12O2/c1-6-2-7(5-9)4-8(10)3-6/h5-7H,2-4H2,1H3. The Kier molecular flexibility index (Phi) is 2.20. The molecule has 2 atom stereocenters. The number of rotatable bonds is 1. The van der Waals surface area contributed by atoms with Crippen LogP contribution in [0.2, 0.25) is 0 Å². The average molecular weight is 140 g/mol. The highest BCUT2D eigenvalue weighted by Gasteiger charge is 2.23. The Morgan fingerprint density at radius 3 is 2.70 bits per heavy atom. The highest BCUT2D eigenvalue weighted by Crippen LogP contribution is 2.24. The topological polar surface area (TPSA) is 34.1 Å². The highest BCUT2D eigenvalue weighted by molar-refractivity contribution is 5.82. The summed E-state index contributed by atoms with van der Waals surface area (Å²) in [6, 6.07) is 0. The van der Waals surface area contributed by atoms with Gasteiger partial charge in [-0.15, -0.1) is 0 Å². The summed E-state index contributed by atoms with van der Waals surface area (Å²) in [5.41, 5.74) is 0. The van der Waals surface area contributed by atoms with Crippen LogP contribution < -0.4 is 0 Å². The van der Waals surface area contributed by atoms with Crippen molar-refractivity contribution in [1.29, 1.82) is 0 Å². The summed E-state index contributed by atoms with van der Waals surface area (Å²) < 4.78 is 0. The monoisotopic (exact) mass is 140 g/mol. The summed E-state index contributed by atoms with van der Waals surface area (Å²) in [5, 5.41) is 0. The third kappa shape index (κ3) is 1.66. The number of carbonyl (C=O) groups excluding carboxylic acids is 2. The molecular weight excluding hydrogens is 128 g/mol. The van der Waals surface area contributed by atoms with Crippen LogP contribution in [0.25, 0.3) is 0 Å². The molecule has 1 rings (SSSR count). The molecule has 0 heterocycles. The van der Waals surface area contributed by atoms with Gasteiger partial charge in [0.25, 0.3) is 0 Å². The summed E-state index contributed by atoms with van der Waals surface area (Å²) in [6.07, 6.45) is 2.96. The Bertz CT molecular complexity index is 151. The quantitative estimate of drug-likeness (QED) is 0.513. The van der Waals surface area contributed by atoms with Crippen molar-refractivity contribution in [3.8, 4) is 0 Å². The normalized spacial score (nSPS) is 33.9. The second-order valence-corrected chi connectivity index (χ2v) is 3.18. The molecule has 0 N–H and O–H groups in total. The van der Waals surface area contributed by atoms with Crippen molar-refractivity contribution in [2.45, 2.75) is 26.2 Å². The van der Waals surface area contributed by atoms with Gasteiger partial charge in [-0.2, -0.15) is 0 Å². The number of ketones is 1. The van der Waals surface area contributed by atoms with Gasteiger partial charge in [-0.25, -0.2) is 0 Å². The Morgan fingerprint density at radius 2 is 2.20 bits per heavy atom. The van der Waals surface area contributed by atoms with Gasteiger partial charge >= 0.3 is 0 Å². The lowest BCUT2D eigenvalue weighted by molar-refractivity contribution is -0.126. The van der Waals surface area contributed by atoms with Crippen LogP contribution in [0.1, 0.15) is 26.2 Å². The predicted molar refractivity (Wildman–Crippen MR) is 37.6 cm³/mol. The van der Waals surface area contributed by atoms with Gasteiger partial charge < -0.3 is 4.79 Å². The fourth-order valence-electron chi connectivity index (χ4n) is 1.55. The van der Waals surface area contributed by atoms with Crippen LogP contribution in [0, 0.1) is 11.8 Å². The van der Waals surface area contributed by atoms with Crippen LogP contribution in [-0.4, -0.2) is 12.1 Å². The van der Waals surface area contributed by atoms with Crippen LogP contribution in [0.3, 0.4) is 0 Å². The minimum absolute atomic E-state index is 0.0104. The predicted octanol–water partition coefficient (Wildman–Crippen LogP) is 1.19. The molecule has 1 fully saturated rings. The number of aldehydes is 1. The summed E-state index contributed by atoms with van der Waals surface area (Å²) in [5.74, 6) is 0.670. The lowest BCUT2D eigenvalue weighted by Gasteiger charge is -2.20. The number of Topliss-reactive ketones (excluding diaryl/α,β-unsaturated/α-hetero) is 1. The molecule has 0 bridgehead atoms.